The molecule has 3 heteroatoms. The van der Waals surface area contributed by atoms with E-state index in [2.05, 4.69) is 0 Å². The standard InChI is InChI=1S/C6H11NO2/c1-3-4(2)6(3,7)5(8)9/h3-4H,7H2,1-2H3,(H,8,9)/t3-,4?,6?/m1/s1. The van der Waals surface area contributed by atoms with Crippen LogP contribution in [-0.4, -0.2) is 16.6 Å². The number of hydrogen-bond acceptors (Lipinski definition) is 2. The van der Waals surface area contributed by atoms with Gasteiger partial charge in [-0.3, -0.25) is 4.79 Å². The van der Waals surface area contributed by atoms with Gasteiger partial charge in [0.2, 0.25) is 0 Å². The van der Waals surface area contributed by atoms with E-state index in [1.165, 1.54) is 0 Å². The molecule has 1 saturated carbocycles. The van der Waals surface area contributed by atoms with Crippen LogP contribution in [0.25, 0.3) is 0 Å². The summed E-state index contributed by atoms with van der Waals surface area (Å²) in [5, 5.41) is 8.53. The van der Waals surface area contributed by atoms with E-state index < -0.39 is 11.5 Å². The molecule has 0 saturated heterocycles. The molecule has 3 nitrogen and oxygen atoms in total. The molecule has 0 aromatic rings. The van der Waals surface area contributed by atoms with Crippen molar-refractivity contribution in [3.63, 3.8) is 0 Å². The van der Waals surface area contributed by atoms with Crippen molar-refractivity contribution >= 4 is 5.97 Å². The predicted octanol–water partition coefficient (Wildman–Crippen LogP) is 0.0543. The monoisotopic (exact) mass is 129 g/mol. The normalized spacial score (nSPS) is 48.8. The number of hydrogen-bond donors (Lipinski definition) is 2. The molecule has 0 aromatic heterocycles. The molecule has 0 heterocycles. The minimum atomic E-state index is -0.917. The van der Waals surface area contributed by atoms with E-state index >= 15 is 0 Å². The summed E-state index contributed by atoms with van der Waals surface area (Å²) >= 11 is 0. The molecule has 3 atom stereocenters. The molecule has 0 bridgehead atoms. The van der Waals surface area contributed by atoms with Crippen molar-refractivity contribution in [2.45, 2.75) is 19.4 Å². The third-order valence-corrected chi connectivity index (χ3v) is 2.52. The second kappa shape index (κ2) is 1.48. The summed E-state index contributed by atoms with van der Waals surface area (Å²) in [6.45, 7) is 3.72. The Hall–Kier alpha value is -0.570. The Balaban J connectivity index is 2.71. The van der Waals surface area contributed by atoms with Crippen molar-refractivity contribution in [2.75, 3.05) is 0 Å². The fraction of sp³-hybridized carbons (Fsp3) is 0.833. The minimum Gasteiger partial charge on any atom is -0.480 e. The van der Waals surface area contributed by atoms with E-state index in [9.17, 15) is 4.79 Å². The van der Waals surface area contributed by atoms with Crippen molar-refractivity contribution in [2.24, 2.45) is 17.6 Å². The average Bonchev–Trinajstić information content (AvgIpc) is 2.22. The Kier molecular flexibility index (Phi) is 1.07. The van der Waals surface area contributed by atoms with Crippen molar-refractivity contribution in [3.8, 4) is 0 Å². The topological polar surface area (TPSA) is 63.3 Å². The van der Waals surface area contributed by atoms with Gasteiger partial charge in [0.25, 0.3) is 0 Å². The molecule has 1 fully saturated rings. The summed E-state index contributed by atoms with van der Waals surface area (Å²) in [5.74, 6) is -0.604. The van der Waals surface area contributed by atoms with E-state index in [4.69, 9.17) is 10.8 Å². The highest BCUT2D eigenvalue weighted by atomic mass is 16.4. The second-order valence-electron chi connectivity index (χ2n) is 2.82. The third kappa shape index (κ3) is 0.580. The van der Waals surface area contributed by atoms with Gasteiger partial charge in [0.1, 0.15) is 5.54 Å². The predicted molar refractivity (Wildman–Crippen MR) is 32.9 cm³/mol. The molecule has 3 N–H and O–H groups in total. The van der Waals surface area contributed by atoms with E-state index in [1.807, 2.05) is 13.8 Å². The van der Waals surface area contributed by atoms with Gasteiger partial charge in [-0.1, -0.05) is 13.8 Å². The lowest BCUT2D eigenvalue weighted by atomic mass is 10.2. The molecule has 1 rings (SSSR count). The molecular formula is C6H11NO2. The van der Waals surface area contributed by atoms with E-state index in [0.717, 1.165) is 0 Å². The first-order chi connectivity index (χ1) is 4.01. The average molecular weight is 129 g/mol. The number of nitrogens with two attached hydrogens (primary N) is 1. The lowest BCUT2D eigenvalue weighted by Gasteiger charge is -2.00. The van der Waals surface area contributed by atoms with Crippen LogP contribution in [0, 0.1) is 11.8 Å². The Labute approximate surface area is 53.9 Å². The van der Waals surface area contributed by atoms with Crippen molar-refractivity contribution in [3.05, 3.63) is 0 Å². The smallest absolute Gasteiger partial charge is 0.324 e. The molecule has 0 radical (unpaired) electrons. The molecule has 1 aliphatic carbocycles. The molecule has 0 aliphatic heterocycles. The van der Waals surface area contributed by atoms with Crippen LogP contribution in [0.1, 0.15) is 13.8 Å². The molecular weight excluding hydrogens is 118 g/mol. The lowest BCUT2D eigenvalue weighted by Crippen LogP contribution is -2.36. The van der Waals surface area contributed by atoms with Gasteiger partial charge in [0, 0.05) is 0 Å². The summed E-state index contributed by atoms with van der Waals surface area (Å²) in [4.78, 5) is 10.4. The maximum Gasteiger partial charge on any atom is 0.324 e. The Morgan fingerprint density at radius 3 is 1.89 bits per heavy atom. The zero-order valence-electron chi connectivity index (χ0n) is 5.59. The summed E-state index contributed by atoms with van der Waals surface area (Å²) in [6, 6.07) is 0. The van der Waals surface area contributed by atoms with Gasteiger partial charge in [0.15, 0.2) is 0 Å². The Morgan fingerprint density at radius 1 is 1.56 bits per heavy atom. The van der Waals surface area contributed by atoms with E-state index in [-0.39, 0.29) is 11.8 Å². The fourth-order valence-electron chi connectivity index (χ4n) is 1.20. The summed E-state index contributed by atoms with van der Waals surface area (Å²) in [7, 11) is 0. The van der Waals surface area contributed by atoms with Crippen LogP contribution < -0.4 is 5.73 Å². The molecule has 0 spiro atoms. The van der Waals surface area contributed by atoms with Crippen LogP contribution >= 0.6 is 0 Å². The number of rotatable bonds is 1. The maximum atomic E-state index is 10.4. The quantitative estimate of drug-likeness (QED) is 0.526. The Morgan fingerprint density at radius 2 is 1.89 bits per heavy atom. The van der Waals surface area contributed by atoms with Crippen LogP contribution in [0.2, 0.25) is 0 Å². The highest BCUT2D eigenvalue weighted by molar-refractivity contribution is 5.83. The highest BCUT2D eigenvalue weighted by Crippen LogP contribution is 2.47. The van der Waals surface area contributed by atoms with Crippen LogP contribution in [0.5, 0.6) is 0 Å². The van der Waals surface area contributed by atoms with Crippen molar-refractivity contribution in [1.82, 2.24) is 0 Å². The third-order valence-electron chi connectivity index (χ3n) is 2.52. The summed E-state index contributed by atoms with van der Waals surface area (Å²) in [6.07, 6.45) is 0. The molecule has 52 valence electrons. The Bertz CT molecular complexity index is 147. The van der Waals surface area contributed by atoms with E-state index in [1.54, 1.807) is 0 Å². The minimum absolute atomic E-state index is 0.134. The first kappa shape index (κ1) is 6.55. The molecule has 9 heavy (non-hydrogen) atoms. The van der Waals surface area contributed by atoms with Crippen molar-refractivity contribution in [1.29, 1.82) is 0 Å². The summed E-state index contributed by atoms with van der Waals surface area (Å²) in [5.41, 5.74) is 4.56. The SMILES string of the molecule is CC1[C@@H](C)C1(N)C(=O)O. The van der Waals surface area contributed by atoms with E-state index in [0.29, 0.717) is 0 Å². The lowest BCUT2D eigenvalue weighted by molar-refractivity contribution is -0.140. The second-order valence-corrected chi connectivity index (χ2v) is 2.82. The highest BCUT2D eigenvalue weighted by Gasteiger charge is 2.62. The maximum absolute atomic E-state index is 10.4. The number of aliphatic carboxylic acids is 1. The van der Waals surface area contributed by atoms with Gasteiger partial charge >= 0.3 is 5.97 Å². The number of carbonyl (C=O) groups is 1. The van der Waals surface area contributed by atoms with Crippen LogP contribution in [0.15, 0.2) is 0 Å². The van der Waals surface area contributed by atoms with Crippen molar-refractivity contribution < 1.29 is 9.90 Å². The fourth-order valence-corrected chi connectivity index (χ4v) is 1.20. The van der Waals surface area contributed by atoms with Crippen LogP contribution in [0.4, 0.5) is 0 Å². The first-order valence-electron chi connectivity index (χ1n) is 3.03. The van der Waals surface area contributed by atoms with Gasteiger partial charge in [-0.25, -0.2) is 0 Å². The van der Waals surface area contributed by atoms with Gasteiger partial charge in [0.05, 0.1) is 0 Å². The van der Waals surface area contributed by atoms with Gasteiger partial charge in [-0.2, -0.15) is 0 Å². The summed E-state index contributed by atoms with van der Waals surface area (Å²) < 4.78 is 0. The largest absolute Gasteiger partial charge is 0.480 e. The molecule has 2 unspecified atom stereocenters. The molecule has 0 aromatic carbocycles. The zero-order valence-corrected chi connectivity index (χ0v) is 5.59. The van der Waals surface area contributed by atoms with Gasteiger partial charge in [-0.15, -0.1) is 0 Å². The van der Waals surface area contributed by atoms with Gasteiger partial charge in [-0.05, 0) is 11.8 Å². The molecule has 1 aliphatic rings. The van der Waals surface area contributed by atoms with Gasteiger partial charge < -0.3 is 10.8 Å². The first-order valence-corrected chi connectivity index (χ1v) is 3.03. The van der Waals surface area contributed by atoms with Crippen LogP contribution in [-0.2, 0) is 4.79 Å². The van der Waals surface area contributed by atoms with Crippen LogP contribution in [0.3, 0.4) is 0 Å². The zero-order chi connectivity index (χ0) is 7.23. The number of carboxylic acid groups (broad SMARTS) is 1. The molecule has 0 amide bonds. The number of carboxylic acids is 1.